The minimum absolute atomic E-state index is 0.0287. The minimum atomic E-state index is -0.811. The zero-order chi connectivity index (χ0) is 23.8. The van der Waals surface area contributed by atoms with Gasteiger partial charge >= 0.3 is 0 Å². The van der Waals surface area contributed by atoms with Crippen molar-refractivity contribution in [2.75, 3.05) is 6.54 Å². The van der Waals surface area contributed by atoms with Crippen molar-refractivity contribution in [1.29, 1.82) is 0 Å². The number of ether oxygens (including phenoxy) is 1. The number of carbonyl (C=O) groups excluding carboxylic acids is 1. The molecule has 1 amide bonds. The van der Waals surface area contributed by atoms with Crippen LogP contribution in [0.1, 0.15) is 72.1 Å². The molecule has 0 unspecified atom stereocenters. The van der Waals surface area contributed by atoms with Gasteiger partial charge in [-0.3, -0.25) is 9.69 Å². The summed E-state index contributed by atoms with van der Waals surface area (Å²) in [6, 6.07) is 6.06. The molecule has 7 atom stereocenters. The van der Waals surface area contributed by atoms with Crippen LogP contribution in [-0.2, 0) is 4.79 Å². The Morgan fingerprint density at radius 3 is 2.76 bits per heavy atom. The van der Waals surface area contributed by atoms with Crippen molar-refractivity contribution in [3.8, 4) is 5.75 Å². The summed E-state index contributed by atoms with van der Waals surface area (Å²) < 4.78 is 19.7. The summed E-state index contributed by atoms with van der Waals surface area (Å²) in [4.78, 5) is 14.1. The summed E-state index contributed by atoms with van der Waals surface area (Å²) in [5, 5.41) is 26.0. The van der Waals surface area contributed by atoms with Gasteiger partial charge in [0.1, 0.15) is 23.8 Å². The first-order valence-electron chi connectivity index (χ1n) is 12.5. The zero-order valence-electron chi connectivity index (χ0n) is 20.1. The van der Waals surface area contributed by atoms with Crippen molar-refractivity contribution in [1.82, 2.24) is 10.2 Å². The van der Waals surface area contributed by atoms with Crippen LogP contribution in [-0.4, -0.2) is 63.5 Å². The summed E-state index contributed by atoms with van der Waals surface area (Å²) in [5.41, 5.74) is -1.14. The van der Waals surface area contributed by atoms with Crippen molar-refractivity contribution in [3.05, 3.63) is 30.1 Å². The van der Waals surface area contributed by atoms with Crippen LogP contribution in [0.2, 0.25) is 0 Å². The van der Waals surface area contributed by atoms with E-state index in [-0.39, 0.29) is 35.3 Å². The lowest BCUT2D eigenvalue weighted by atomic mass is 9.67. The lowest BCUT2D eigenvalue weighted by molar-refractivity contribution is -0.119. The maximum absolute atomic E-state index is 13.7. The van der Waals surface area contributed by atoms with Crippen LogP contribution in [0.5, 0.6) is 5.75 Å². The van der Waals surface area contributed by atoms with E-state index in [0.717, 1.165) is 44.9 Å². The van der Waals surface area contributed by atoms with Gasteiger partial charge in [0.15, 0.2) is 0 Å². The quantitative estimate of drug-likeness (QED) is 0.625. The number of carbonyl (C=O) groups is 1. The van der Waals surface area contributed by atoms with E-state index < -0.39 is 17.8 Å². The number of nitrogens with one attached hydrogen (secondary N) is 1. The second kappa shape index (κ2) is 9.51. The number of aliphatic hydroxyl groups is 2. The topological polar surface area (TPSA) is 82.0 Å². The Labute approximate surface area is 196 Å². The third-order valence-electron chi connectivity index (χ3n) is 8.61. The highest BCUT2D eigenvalue weighted by molar-refractivity contribution is 5.72. The fraction of sp³-hybridized carbons (Fsp3) is 0.731. The Balaban J connectivity index is 1.61. The van der Waals surface area contributed by atoms with Crippen molar-refractivity contribution in [2.24, 2.45) is 5.41 Å². The lowest BCUT2D eigenvalue weighted by Gasteiger charge is -2.48. The maximum Gasteiger partial charge on any atom is 0.216 e. The molecule has 3 N–H and O–H groups in total. The highest BCUT2D eigenvalue weighted by Gasteiger charge is 2.60. The SMILES string of the molecule is CC(=O)NC[C@H]1C[C@]2(C)[C@@H](CCCC[C@]2(C)O)N1[C@H]1CCC[C@@H](Oc2cccc(F)c2)[C@@H]1O. The van der Waals surface area contributed by atoms with E-state index in [1.54, 1.807) is 12.1 Å². The molecule has 1 heterocycles. The standard InChI is InChI=1S/C26H39FN2O4/c1-17(30)28-16-19-15-25(2)23(12-4-5-13-26(25,3)32)29(19)21-10-7-11-22(24(21)31)33-20-9-6-8-18(27)14-20/h6,8-9,14,19,21-24,31-32H,4-5,7,10-13,15-16H2,1-3H3,(H,28,30)/t19-,21+,22-,23-,24-,25-,26+/m1/s1. The molecule has 0 bridgehead atoms. The Kier molecular flexibility index (Phi) is 7.04. The number of nitrogens with zero attached hydrogens (tertiary/aromatic N) is 1. The molecule has 6 nitrogen and oxygen atoms in total. The number of halogens is 1. The van der Waals surface area contributed by atoms with Gasteiger partial charge in [-0.05, 0) is 57.6 Å². The lowest BCUT2D eigenvalue weighted by Crippen LogP contribution is -2.60. The molecule has 0 radical (unpaired) electrons. The van der Waals surface area contributed by atoms with Crippen LogP contribution in [0.15, 0.2) is 24.3 Å². The Morgan fingerprint density at radius 2 is 2.03 bits per heavy atom. The third kappa shape index (κ3) is 4.77. The molecule has 0 aromatic heterocycles. The van der Waals surface area contributed by atoms with Gasteiger partial charge in [-0.15, -0.1) is 0 Å². The van der Waals surface area contributed by atoms with Crippen LogP contribution in [0.25, 0.3) is 0 Å². The van der Waals surface area contributed by atoms with Gasteiger partial charge in [-0.1, -0.05) is 25.8 Å². The number of benzene rings is 1. The predicted molar refractivity (Wildman–Crippen MR) is 124 cm³/mol. The molecular formula is C26H39FN2O4. The average Bonchev–Trinajstić information content (AvgIpc) is 2.98. The van der Waals surface area contributed by atoms with E-state index in [1.165, 1.54) is 19.1 Å². The van der Waals surface area contributed by atoms with Gasteiger partial charge in [0, 0.05) is 43.1 Å². The van der Waals surface area contributed by atoms with Gasteiger partial charge in [0.05, 0.1) is 5.60 Å². The number of rotatable bonds is 5. The number of aliphatic hydroxyl groups excluding tert-OH is 1. The fourth-order valence-corrected chi connectivity index (χ4v) is 6.68. The molecule has 3 aliphatic rings. The number of fused-ring (bicyclic) bond motifs is 1. The summed E-state index contributed by atoms with van der Waals surface area (Å²) >= 11 is 0. The van der Waals surface area contributed by atoms with Gasteiger partial charge in [0.2, 0.25) is 5.91 Å². The highest BCUT2D eigenvalue weighted by atomic mass is 19.1. The molecule has 33 heavy (non-hydrogen) atoms. The number of amides is 1. The van der Waals surface area contributed by atoms with Crippen molar-refractivity contribution >= 4 is 5.91 Å². The number of hydrogen-bond donors (Lipinski definition) is 3. The fourth-order valence-electron chi connectivity index (χ4n) is 6.68. The van der Waals surface area contributed by atoms with E-state index in [9.17, 15) is 19.4 Å². The van der Waals surface area contributed by atoms with E-state index in [0.29, 0.717) is 18.7 Å². The first-order chi connectivity index (χ1) is 15.6. The molecule has 7 heteroatoms. The van der Waals surface area contributed by atoms with E-state index >= 15 is 0 Å². The molecule has 1 aromatic carbocycles. The molecule has 0 spiro atoms. The Hall–Kier alpha value is -1.70. The molecule has 2 aliphatic carbocycles. The predicted octanol–water partition coefficient (Wildman–Crippen LogP) is 3.40. The molecular weight excluding hydrogens is 423 g/mol. The highest BCUT2D eigenvalue weighted by Crippen LogP contribution is 2.54. The van der Waals surface area contributed by atoms with Crippen molar-refractivity contribution in [3.63, 3.8) is 0 Å². The number of hydrogen-bond acceptors (Lipinski definition) is 5. The summed E-state index contributed by atoms with van der Waals surface area (Å²) in [6.45, 7) is 6.15. The second-order valence-corrected chi connectivity index (χ2v) is 10.8. The second-order valence-electron chi connectivity index (χ2n) is 10.8. The monoisotopic (exact) mass is 462 g/mol. The normalized spacial score (nSPS) is 39.5. The minimum Gasteiger partial charge on any atom is -0.488 e. The summed E-state index contributed by atoms with van der Waals surface area (Å²) in [5.74, 6) is -0.00524. The molecule has 1 aromatic rings. The van der Waals surface area contributed by atoms with Crippen LogP contribution in [0.4, 0.5) is 4.39 Å². The molecule has 4 rings (SSSR count). The van der Waals surface area contributed by atoms with Gasteiger partial charge in [-0.25, -0.2) is 4.39 Å². The van der Waals surface area contributed by atoms with E-state index in [4.69, 9.17) is 4.74 Å². The van der Waals surface area contributed by atoms with Crippen molar-refractivity contribution in [2.45, 2.75) is 108 Å². The first kappa shape index (κ1) is 24.4. The van der Waals surface area contributed by atoms with E-state index in [1.807, 2.05) is 6.92 Å². The maximum atomic E-state index is 13.7. The summed E-state index contributed by atoms with van der Waals surface area (Å²) in [6.07, 6.45) is 5.78. The number of likely N-dealkylation sites (tertiary alicyclic amines) is 1. The van der Waals surface area contributed by atoms with Gasteiger partial charge in [0.25, 0.3) is 0 Å². The van der Waals surface area contributed by atoms with Crippen LogP contribution in [0, 0.1) is 11.2 Å². The Morgan fingerprint density at radius 1 is 1.24 bits per heavy atom. The van der Waals surface area contributed by atoms with Crippen molar-refractivity contribution < 1.29 is 24.1 Å². The largest absolute Gasteiger partial charge is 0.488 e. The Bertz CT molecular complexity index is 849. The molecule has 1 saturated heterocycles. The zero-order valence-corrected chi connectivity index (χ0v) is 20.1. The smallest absolute Gasteiger partial charge is 0.216 e. The third-order valence-corrected chi connectivity index (χ3v) is 8.61. The van der Waals surface area contributed by atoms with E-state index in [2.05, 4.69) is 17.1 Å². The average molecular weight is 463 g/mol. The van der Waals surface area contributed by atoms with Crippen LogP contribution < -0.4 is 10.1 Å². The summed E-state index contributed by atoms with van der Waals surface area (Å²) in [7, 11) is 0. The first-order valence-corrected chi connectivity index (χ1v) is 12.5. The molecule has 2 saturated carbocycles. The van der Waals surface area contributed by atoms with Crippen LogP contribution in [0.3, 0.4) is 0 Å². The van der Waals surface area contributed by atoms with Gasteiger partial charge in [-0.2, -0.15) is 0 Å². The van der Waals surface area contributed by atoms with Crippen LogP contribution >= 0.6 is 0 Å². The van der Waals surface area contributed by atoms with Gasteiger partial charge < -0.3 is 20.3 Å². The molecule has 3 fully saturated rings. The molecule has 184 valence electrons. The molecule has 1 aliphatic heterocycles.